The minimum Gasteiger partial charge on any atom is -0.462 e. The molecule has 6 atom stereocenters. The van der Waals surface area contributed by atoms with Gasteiger partial charge in [0, 0.05) is 39.0 Å². The lowest BCUT2D eigenvalue weighted by Crippen LogP contribution is -2.64. The highest BCUT2D eigenvalue weighted by Gasteiger charge is 2.64. The van der Waals surface area contributed by atoms with Crippen LogP contribution in [0, 0.1) is 22.7 Å². The smallest absolute Gasteiger partial charge is 0.303 e. The molecule has 182 valence electrons. The van der Waals surface area contributed by atoms with Crippen LogP contribution in [0.25, 0.3) is 0 Å². The molecule has 0 bridgehead atoms. The van der Waals surface area contributed by atoms with E-state index in [-0.39, 0.29) is 46.7 Å². The number of rotatable bonds is 7. The van der Waals surface area contributed by atoms with Crippen molar-refractivity contribution in [3.63, 3.8) is 0 Å². The zero-order valence-electron chi connectivity index (χ0n) is 21.2. The average Bonchev–Trinajstić information content (AvgIpc) is 2.57. The van der Waals surface area contributed by atoms with Gasteiger partial charge in [0.1, 0.15) is 17.3 Å². The predicted octanol–water partition coefficient (Wildman–Crippen LogP) is 5.38. The van der Waals surface area contributed by atoms with Gasteiger partial charge in [0.05, 0.1) is 0 Å². The van der Waals surface area contributed by atoms with Crippen molar-refractivity contribution in [2.24, 2.45) is 22.7 Å². The lowest BCUT2D eigenvalue weighted by molar-refractivity contribution is -0.235. The summed E-state index contributed by atoms with van der Waals surface area (Å²) in [6, 6.07) is 0. The first-order valence-electron chi connectivity index (χ1n) is 11.8. The van der Waals surface area contributed by atoms with Crippen molar-refractivity contribution in [2.45, 2.75) is 111 Å². The summed E-state index contributed by atoms with van der Waals surface area (Å²) in [5.41, 5.74) is -1.85. The lowest BCUT2D eigenvalue weighted by Gasteiger charge is -2.63. The fraction of sp³-hybridized carbons (Fsp3) is 0.808. The van der Waals surface area contributed by atoms with Crippen molar-refractivity contribution >= 4 is 17.9 Å². The summed E-state index contributed by atoms with van der Waals surface area (Å²) in [5.74, 6) is -0.870. The number of carbonyl (C=O) groups is 3. The highest BCUT2D eigenvalue weighted by atomic mass is 16.6. The van der Waals surface area contributed by atoms with E-state index in [0.29, 0.717) is 19.3 Å². The van der Waals surface area contributed by atoms with Crippen LogP contribution in [0.5, 0.6) is 0 Å². The maximum absolute atomic E-state index is 12.2. The molecule has 0 radical (unpaired) electrons. The fourth-order valence-corrected chi connectivity index (χ4v) is 7.16. The molecule has 2 fully saturated rings. The van der Waals surface area contributed by atoms with E-state index < -0.39 is 11.2 Å². The summed E-state index contributed by atoms with van der Waals surface area (Å²) < 4.78 is 17.5. The molecule has 0 aromatic carbocycles. The van der Waals surface area contributed by atoms with Gasteiger partial charge in [0.2, 0.25) is 0 Å². The van der Waals surface area contributed by atoms with Crippen molar-refractivity contribution < 1.29 is 28.6 Å². The van der Waals surface area contributed by atoms with Crippen LogP contribution in [0.3, 0.4) is 0 Å². The first kappa shape index (κ1) is 26.4. The highest BCUT2D eigenvalue weighted by Crippen LogP contribution is 2.64. The molecule has 0 aromatic rings. The molecule has 0 N–H and O–H groups in total. The first-order chi connectivity index (χ1) is 14.6. The summed E-state index contributed by atoms with van der Waals surface area (Å²) in [5, 5.41) is 0. The van der Waals surface area contributed by atoms with E-state index in [2.05, 4.69) is 27.4 Å². The van der Waals surface area contributed by atoms with E-state index in [0.717, 1.165) is 19.3 Å². The van der Waals surface area contributed by atoms with Gasteiger partial charge in [-0.2, -0.15) is 0 Å². The predicted molar refractivity (Wildman–Crippen MR) is 123 cm³/mol. The second kappa shape index (κ2) is 9.18. The first-order valence-corrected chi connectivity index (χ1v) is 11.8. The van der Waals surface area contributed by atoms with E-state index in [9.17, 15) is 14.4 Å². The Kier molecular flexibility index (Phi) is 7.58. The minimum absolute atomic E-state index is 0.00474. The van der Waals surface area contributed by atoms with E-state index in [1.807, 2.05) is 13.8 Å². The van der Waals surface area contributed by atoms with Gasteiger partial charge in [-0.1, -0.05) is 33.8 Å². The topological polar surface area (TPSA) is 78.9 Å². The second-order valence-electron chi connectivity index (χ2n) is 11.3. The van der Waals surface area contributed by atoms with Gasteiger partial charge < -0.3 is 14.2 Å². The van der Waals surface area contributed by atoms with Crippen molar-refractivity contribution in [3.05, 3.63) is 12.7 Å². The molecule has 2 rings (SSSR count). The molecule has 2 saturated carbocycles. The van der Waals surface area contributed by atoms with Gasteiger partial charge in [-0.05, 0) is 56.4 Å². The SMILES string of the molecule is C=C[C@@](C)(CC[C@H]1[C@@]2(C)CCCC(C)(C)[C@@H]2[C@@H](OC(C)=O)C[C@@]1(C)OC(C)=O)OC(C)=O. The van der Waals surface area contributed by atoms with E-state index in [1.165, 1.54) is 20.8 Å². The van der Waals surface area contributed by atoms with Gasteiger partial charge in [-0.25, -0.2) is 0 Å². The van der Waals surface area contributed by atoms with Crippen LogP contribution in [-0.4, -0.2) is 35.2 Å². The van der Waals surface area contributed by atoms with Crippen LogP contribution in [0.1, 0.15) is 93.9 Å². The molecular formula is C26H42O6. The Labute approximate surface area is 193 Å². The molecule has 0 aliphatic heterocycles. The van der Waals surface area contributed by atoms with Crippen LogP contribution >= 0.6 is 0 Å². The van der Waals surface area contributed by atoms with Crippen LogP contribution in [-0.2, 0) is 28.6 Å². The Morgan fingerprint density at radius 1 is 1.03 bits per heavy atom. The van der Waals surface area contributed by atoms with E-state index >= 15 is 0 Å². The molecule has 6 nitrogen and oxygen atoms in total. The van der Waals surface area contributed by atoms with Crippen molar-refractivity contribution in [1.82, 2.24) is 0 Å². The number of esters is 3. The Bertz CT molecular complexity index is 757. The molecule has 0 spiro atoms. The summed E-state index contributed by atoms with van der Waals surface area (Å²) >= 11 is 0. The summed E-state index contributed by atoms with van der Waals surface area (Å²) in [7, 11) is 0. The Morgan fingerprint density at radius 3 is 2.16 bits per heavy atom. The van der Waals surface area contributed by atoms with Crippen LogP contribution in [0.15, 0.2) is 12.7 Å². The van der Waals surface area contributed by atoms with Crippen LogP contribution < -0.4 is 0 Å². The third-order valence-electron chi connectivity index (χ3n) is 8.03. The Morgan fingerprint density at radius 2 is 1.66 bits per heavy atom. The third kappa shape index (κ3) is 5.37. The van der Waals surface area contributed by atoms with Crippen LogP contribution in [0.4, 0.5) is 0 Å². The second-order valence-corrected chi connectivity index (χ2v) is 11.3. The largest absolute Gasteiger partial charge is 0.462 e. The van der Waals surface area contributed by atoms with Gasteiger partial charge in [-0.3, -0.25) is 14.4 Å². The molecule has 2 aliphatic carbocycles. The molecule has 2 aliphatic rings. The molecule has 0 aromatic heterocycles. The number of hydrogen-bond donors (Lipinski definition) is 0. The Hall–Kier alpha value is -1.85. The lowest BCUT2D eigenvalue weighted by atomic mass is 9.44. The highest BCUT2D eigenvalue weighted by molar-refractivity contribution is 5.67. The zero-order chi connectivity index (χ0) is 24.5. The van der Waals surface area contributed by atoms with Crippen molar-refractivity contribution in [2.75, 3.05) is 0 Å². The van der Waals surface area contributed by atoms with Crippen LogP contribution in [0.2, 0.25) is 0 Å². The number of carbonyl (C=O) groups excluding carboxylic acids is 3. The monoisotopic (exact) mass is 450 g/mol. The number of fused-ring (bicyclic) bond motifs is 1. The zero-order valence-corrected chi connectivity index (χ0v) is 21.2. The maximum atomic E-state index is 12.2. The van der Waals surface area contributed by atoms with Crippen molar-refractivity contribution in [1.29, 1.82) is 0 Å². The molecule has 0 saturated heterocycles. The molecule has 0 heterocycles. The number of hydrogen-bond acceptors (Lipinski definition) is 6. The molecule has 0 unspecified atom stereocenters. The quantitative estimate of drug-likeness (QED) is 0.294. The fourth-order valence-electron chi connectivity index (χ4n) is 7.16. The average molecular weight is 451 g/mol. The summed E-state index contributed by atoms with van der Waals surface area (Å²) in [6.07, 6.45) is 6.13. The Balaban J connectivity index is 2.53. The minimum atomic E-state index is -0.803. The van der Waals surface area contributed by atoms with Gasteiger partial charge >= 0.3 is 17.9 Å². The number of ether oxygens (including phenoxy) is 3. The van der Waals surface area contributed by atoms with E-state index in [1.54, 1.807) is 6.08 Å². The summed E-state index contributed by atoms with van der Waals surface area (Å²) in [6.45, 7) is 18.7. The standard InChI is InChI=1S/C26H42O6/c1-10-24(7,31-18(3)28)15-12-21-25(8)14-11-13-23(5,6)22(25)20(30-17(2)27)16-26(21,9)32-19(4)29/h10,20-22H,1,11-16H2,2-9H3/t20-,21-,22-,24-,25+,26+/m0/s1. The van der Waals surface area contributed by atoms with Gasteiger partial charge in [0.15, 0.2) is 0 Å². The molecule has 0 amide bonds. The molecular weight excluding hydrogens is 408 g/mol. The van der Waals surface area contributed by atoms with Gasteiger partial charge in [-0.15, -0.1) is 0 Å². The summed E-state index contributed by atoms with van der Waals surface area (Å²) in [4.78, 5) is 35.9. The molecule has 6 heteroatoms. The van der Waals surface area contributed by atoms with Crippen molar-refractivity contribution in [3.8, 4) is 0 Å². The normalized spacial score (nSPS) is 35.6. The third-order valence-corrected chi connectivity index (χ3v) is 8.03. The molecule has 32 heavy (non-hydrogen) atoms. The van der Waals surface area contributed by atoms with Gasteiger partial charge in [0.25, 0.3) is 0 Å². The maximum Gasteiger partial charge on any atom is 0.303 e. The van der Waals surface area contributed by atoms with E-state index in [4.69, 9.17) is 14.2 Å².